The monoisotopic (exact) mass is 324 g/mol. The third kappa shape index (κ3) is 3.04. The molecule has 0 atom stereocenters. The standard InChI is InChI=1S/C16H21ClN2O3/c1-10-9-13(22-4)14(11(2)15(10)17)16(21)19-7-5-18(6-8-19)12(3)20/h9H,5-8H2,1-4H3. The number of halogens is 1. The number of hydrogen-bond donors (Lipinski definition) is 0. The Morgan fingerprint density at radius 1 is 1.14 bits per heavy atom. The van der Waals surface area contributed by atoms with E-state index in [0.29, 0.717) is 42.5 Å². The molecule has 2 amide bonds. The van der Waals surface area contributed by atoms with Gasteiger partial charge < -0.3 is 14.5 Å². The summed E-state index contributed by atoms with van der Waals surface area (Å²) in [6.07, 6.45) is 0. The van der Waals surface area contributed by atoms with E-state index in [9.17, 15) is 9.59 Å². The molecule has 0 spiro atoms. The molecule has 2 rings (SSSR count). The number of piperazine rings is 1. The summed E-state index contributed by atoms with van der Waals surface area (Å²) in [5, 5.41) is 0.589. The maximum atomic E-state index is 12.8. The minimum Gasteiger partial charge on any atom is -0.496 e. The van der Waals surface area contributed by atoms with Crippen molar-refractivity contribution in [1.29, 1.82) is 0 Å². The van der Waals surface area contributed by atoms with Crippen molar-refractivity contribution in [3.63, 3.8) is 0 Å². The Morgan fingerprint density at radius 3 is 2.18 bits per heavy atom. The number of hydrogen-bond acceptors (Lipinski definition) is 3. The number of carbonyl (C=O) groups is 2. The van der Waals surface area contributed by atoms with E-state index in [2.05, 4.69) is 0 Å². The zero-order valence-electron chi connectivity index (χ0n) is 13.4. The number of carbonyl (C=O) groups excluding carboxylic acids is 2. The minimum absolute atomic E-state index is 0.0410. The summed E-state index contributed by atoms with van der Waals surface area (Å²) in [5.74, 6) is 0.483. The van der Waals surface area contributed by atoms with Crippen LogP contribution in [0, 0.1) is 13.8 Å². The summed E-state index contributed by atoms with van der Waals surface area (Å²) in [7, 11) is 1.55. The predicted octanol–water partition coefficient (Wildman–Crippen LogP) is 2.27. The van der Waals surface area contributed by atoms with Gasteiger partial charge in [0.1, 0.15) is 5.75 Å². The first-order chi connectivity index (χ1) is 10.4. The lowest BCUT2D eigenvalue weighted by molar-refractivity contribution is -0.130. The number of benzene rings is 1. The fraction of sp³-hybridized carbons (Fsp3) is 0.500. The highest BCUT2D eigenvalue weighted by atomic mass is 35.5. The van der Waals surface area contributed by atoms with Gasteiger partial charge in [0.25, 0.3) is 5.91 Å². The molecule has 0 bridgehead atoms. The summed E-state index contributed by atoms with van der Waals surface area (Å²) in [6, 6.07) is 1.79. The number of rotatable bonds is 2. The SMILES string of the molecule is COc1cc(C)c(Cl)c(C)c1C(=O)N1CCN(C(C)=O)CC1. The molecular weight excluding hydrogens is 304 g/mol. The zero-order chi connectivity index (χ0) is 16.4. The Kier molecular flexibility index (Phi) is 4.96. The van der Waals surface area contributed by atoms with Crippen LogP contribution >= 0.6 is 11.6 Å². The van der Waals surface area contributed by atoms with Gasteiger partial charge in [0.15, 0.2) is 0 Å². The van der Waals surface area contributed by atoms with Gasteiger partial charge in [-0.05, 0) is 31.0 Å². The van der Waals surface area contributed by atoms with Gasteiger partial charge in [0.05, 0.1) is 12.7 Å². The van der Waals surface area contributed by atoms with E-state index < -0.39 is 0 Å². The van der Waals surface area contributed by atoms with Gasteiger partial charge in [-0.3, -0.25) is 9.59 Å². The van der Waals surface area contributed by atoms with Crippen LogP contribution in [0.2, 0.25) is 5.02 Å². The van der Waals surface area contributed by atoms with Crippen LogP contribution in [-0.2, 0) is 4.79 Å². The molecule has 0 N–H and O–H groups in total. The molecule has 1 aromatic rings. The first kappa shape index (κ1) is 16.6. The first-order valence-corrected chi connectivity index (χ1v) is 7.63. The molecule has 22 heavy (non-hydrogen) atoms. The summed E-state index contributed by atoms with van der Waals surface area (Å²) in [6.45, 7) is 7.42. The third-order valence-electron chi connectivity index (χ3n) is 4.09. The van der Waals surface area contributed by atoms with Crippen molar-refractivity contribution >= 4 is 23.4 Å². The van der Waals surface area contributed by atoms with Crippen molar-refractivity contribution in [1.82, 2.24) is 9.80 Å². The van der Waals surface area contributed by atoms with Gasteiger partial charge in [0, 0.05) is 38.1 Å². The highest BCUT2D eigenvalue weighted by Crippen LogP contribution is 2.32. The topological polar surface area (TPSA) is 49.9 Å². The minimum atomic E-state index is -0.0977. The molecule has 120 valence electrons. The first-order valence-electron chi connectivity index (χ1n) is 7.25. The Morgan fingerprint density at radius 2 is 1.68 bits per heavy atom. The van der Waals surface area contributed by atoms with Crippen LogP contribution in [-0.4, -0.2) is 54.9 Å². The van der Waals surface area contributed by atoms with Crippen LogP contribution in [0.4, 0.5) is 0 Å². The number of ether oxygens (including phenoxy) is 1. The van der Waals surface area contributed by atoms with Crippen molar-refractivity contribution in [2.45, 2.75) is 20.8 Å². The Labute approximate surface area is 135 Å². The molecule has 1 saturated heterocycles. The fourth-order valence-electron chi connectivity index (χ4n) is 2.73. The maximum Gasteiger partial charge on any atom is 0.258 e. The van der Waals surface area contributed by atoms with Crippen molar-refractivity contribution in [2.24, 2.45) is 0 Å². The average Bonchev–Trinajstić information content (AvgIpc) is 2.51. The largest absolute Gasteiger partial charge is 0.496 e. The molecule has 0 aliphatic carbocycles. The predicted molar refractivity (Wildman–Crippen MR) is 85.6 cm³/mol. The van der Waals surface area contributed by atoms with Crippen LogP contribution in [0.15, 0.2) is 6.07 Å². The molecule has 0 radical (unpaired) electrons. The summed E-state index contributed by atoms with van der Waals surface area (Å²) in [4.78, 5) is 27.7. The molecule has 1 fully saturated rings. The second-order valence-corrected chi connectivity index (χ2v) is 5.89. The summed E-state index contributed by atoms with van der Waals surface area (Å²) in [5.41, 5.74) is 2.13. The lowest BCUT2D eigenvalue weighted by atomic mass is 10.0. The van der Waals surface area contributed by atoms with Crippen molar-refractivity contribution in [2.75, 3.05) is 33.3 Å². The Balaban J connectivity index is 2.27. The van der Waals surface area contributed by atoms with Gasteiger partial charge in [-0.25, -0.2) is 0 Å². The number of methoxy groups -OCH3 is 1. The second-order valence-electron chi connectivity index (χ2n) is 5.51. The van der Waals surface area contributed by atoms with E-state index in [4.69, 9.17) is 16.3 Å². The van der Waals surface area contributed by atoms with Crippen LogP contribution in [0.3, 0.4) is 0 Å². The van der Waals surface area contributed by atoms with E-state index in [1.807, 2.05) is 13.8 Å². The Hall–Kier alpha value is -1.75. The Bertz CT molecular complexity index is 608. The molecule has 0 aromatic heterocycles. The molecular formula is C16H21ClN2O3. The van der Waals surface area contributed by atoms with Gasteiger partial charge >= 0.3 is 0 Å². The summed E-state index contributed by atoms with van der Waals surface area (Å²) >= 11 is 6.28. The average molecular weight is 325 g/mol. The van der Waals surface area contributed by atoms with E-state index in [1.54, 1.807) is 29.9 Å². The van der Waals surface area contributed by atoms with Crippen LogP contribution in [0.25, 0.3) is 0 Å². The smallest absolute Gasteiger partial charge is 0.258 e. The highest BCUT2D eigenvalue weighted by molar-refractivity contribution is 6.32. The van der Waals surface area contributed by atoms with Crippen molar-refractivity contribution < 1.29 is 14.3 Å². The molecule has 1 heterocycles. The highest BCUT2D eigenvalue weighted by Gasteiger charge is 2.27. The second kappa shape index (κ2) is 6.57. The number of amides is 2. The molecule has 1 aromatic carbocycles. The van der Waals surface area contributed by atoms with E-state index in [-0.39, 0.29) is 11.8 Å². The number of aryl methyl sites for hydroxylation is 1. The van der Waals surface area contributed by atoms with Gasteiger partial charge in [0.2, 0.25) is 5.91 Å². The fourth-order valence-corrected chi connectivity index (χ4v) is 2.88. The lowest BCUT2D eigenvalue weighted by Gasteiger charge is -2.34. The van der Waals surface area contributed by atoms with Gasteiger partial charge in [-0.15, -0.1) is 0 Å². The normalized spacial score (nSPS) is 15.0. The molecule has 1 aliphatic rings. The van der Waals surface area contributed by atoms with E-state index >= 15 is 0 Å². The van der Waals surface area contributed by atoms with Crippen LogP contribution in [0.1, 0.15) is 28.4 Å². The molecule has 6 heteroatoms. The van der Waals surface area contributed by atoms with E-state index in [0.717, 1.165) is 11.1 Å². The third-order valence-corrected chi connectivity index (χ3v) is 4.67. The zero-order valence-corrected chi connectivity index (χ0v) is 14.2. The number of nitrogens with zero attached hydrogens (tertiary/aromatic N) is 2. The lowest BCUT2D eigenvalue weighted by Crippen LogP contribution is -2.50. The van der Waals surface area contributed by atoms with Crippen LogP contribution < -0.4 is 4.74 Å². The van der Waals surface area contributed by atoms with Crippen molar-refractivity contribution in [3.8, 4) is 5.75 Å². The molecule has 5 nitrogen and oxygen atoms in total. The molecule has 1 aliphatic heterocycles. The maximum absolute atomic E-state index is 12.8. The van der Waals surface area contributed by atoms with Crippen LogP contribution in [0.5, 0.6) is 5.75 Å². The van der Waals surface area contributed by atoms with Gasteiger partial charge in [-0.1, -0.05) is 11.6 Å². The quantitative estimate of drug-likeness (QED) is 0.838. The van der Waals surface area contributed by atoms with E-state index in [1.165, 1.54) is 0 Å². The molecule has 0 saturated carbocycles. The molecule has 0 unspecified atom stereocenters. The van der Waals surface area contributed by atoms with Gasteiger partial charge in [-0.2, -0.15) is 0 Å². The summed E-state index contributed by atoms with van der Waals surface area (Å²) < 4.78 is 5.36. The van der Waals surface area contributed by atoms with Crippen molar-refractivity contribution in [3.05, 3.63) is 27.8 Å².